The SMILES string of the molecule is COC(=O)[C@@H](CCSC)NC(=O)[C@H](Cc1ccccc1)NC(=O)c1ccc(C)cc1. The number of ether oxygens (including phenoxy) is 1. The van der Waals surface area contributed by atoms with Crippen LogP contribution in [0.15, 0.2) is 54.6 Å². The van der Waals surface area contributed by atoms with E-state index in [1.54, 1.807) is 23.9 Å². The molecule has 2 amide bonds. The Kier molecular flexibility index (Phi) is 9.41. The van der Waals surface area contributed by atoms with Crippen molar-refractivity contribution in [3.8, 4) is 0 Å². The molecule has 0 aromatic heterocycles. The van der Waals surface area contributed by atoms with Crippen LogP contribution in [0.5, 0.6) is 0 Å². The van der Waals surface area contributed by atoms with Gasteiger partial charge in [0.2, 0.25) is 5.91 Å². The highest BCUT2D eigenvalue weighted by Crippen LogP contribution is 2.09. The minimum Gasteiger partial charge on any atom is -0.467 e. The number of thioether (sulfide) groups is 1. The van der Waals surface area contributed by atoms with Crippen LogP contribution in [-0.4, -0.2) is 49.0 Å². The number of rotatable bonds is 10. The van der Waals surface area contributed by atoms with Crippen LogP contribution in [0.3, 0.4) is 0 Å². The van der Waals surface area contributed by atoms with E-state index in [2.05, 4.69) is 10.6 Å². The summed E-state index contributed by atoms with van der Waals surface area (Å²) < 4.78 is 4.82. The van der Waals surface area contributed by atoms with Gasteiger partial charge in [-0.05, 0) is 43.0 Å². The summed E-state index contributed by atoms with van der Waals surface area (Å²) in [5.41, 5.74) is 2.42. The molecule has 7 heteroatoms. The molecule has 0 aliphatic carbocycles. The molecule has 2 aromatic carbocycles. The second kappa shape index (κ2) is 12.0. The molecule has 30 heavy (non-hydrogen) atoms. The van der Waals surface area contributed by atoms with Gasteiger partial charge in [0.25, 0.3) is 5.91 Å². The maximum Gasteiger partial charge on any atom is 0.328 e. The highest BCUT2D eigenvalue weighted by Gasteiger charge is 2.27. The molecule has 0 aliphatic heterocycles. The molecule has 0 fully saturated rings. The molecule has 0 heterocycles. The van der Waals surface area contributed by atoms with Crippen molar-refractivity contribution in [2.45, 2.75) is 31.8 Å². The van der Waals surface area contributed by atoms with Gasteiger partial charge in [-0.25, -0.2) is 4.79 Å². The van der Waals surface area contributed by atoms with Crippen molar-refractivity contribution in [2.24, 2.45) is 0 Å². The third-order valence-corrected chi connectivity index (χ3v) is 5.28. The quantitative estimate of drug-likeness (QED) is 0.569. The van der Waals surface area contributed by atoms with Crippen LogP contribution in [-0.2, 0) is 20.7 Å². The Morgan fingerprint density at radius 2 is 1.63 bits per heavy atom. The average Bonchev–Trinajstić information content (AvgIpc) is 2.76. The highest BCUT2D eigenvalue weighted by atomic mass is 32.2. The maximum absolute atomic E-state index is 13.0. The Bertz CT molecular complexity index is 840. The second-order valence-electron chi connectivity index (χ2n) is 6.95. The molecule has 160 valence electrons. The summed E-state index contributed by atoms with van der Waals surface area (Å²) in [6.07, 6.45) is 2.68. The summed E-state index contributed by atoms with van der Waals surface area (Å²) >= 11 is 1.58. The lowest BCUT2D eigenvalue weighted by molar-refractivity contribution is -0.145. The Balaban J connectivity index is 2.18. The van der Waals surface area contributed by atoms with Crippen LogP contribution in [0.2, 0.25) is 0 Å². The molecular weight excluding hydrogens is 400 g/mol. The van der Waals surface area contributed by atoms with Gasteiger partial charge >= 0.3 is 5.97 Å². The molecule has 0 saturated heterocycles. The number of methoxy groups -OCH3 is 1. The van der Waals surface area contributed by atoms with Crippen molar-refractivity contribution in [1.29, 1.82) is 0 Å². The van der Waals surface area contributed by atoms with Crippen LogP contribution in [0.1, 0.15) is 27.9 Å². The Morgan fingerprint density at radius 1 is 0.967 bits per heavy atom. The number of nitrogens with one attached hydrogen (secondary N) is 2. The number of hydrogen-bond acceptors (Lipinski definition) is 5. The van der Waals surface area contributed by atoms with Gasteiger partial charge in [0, 0.05) is 12.0 Å². The van der Waals surface area contributed by atoms with Gasteiger partial charge in [-0.3, -0.25) is 9.59 Å². The normalized spacial score (nSPS) is 12.5. The van der Waals surface area contributed by atoms with Gasteiger partial charge < -0.3 is 15.4 Å². The largest absolute Gasteiger partial charge is 0.467 e. The molecule has 0 unspecified atom stereocenters. The Hall–Kier alpha value is -2.80. The topological polar surface area (TPSA) is 84.5 Å². The zero-order chi connectivity index (χ0) is 21.9. The van der Waals surface area contributed by atoms with Gasteiger partial charge in [0.05, 0.1) is 7.11 Å². The molecule has 0 bridgehead atoms. The van der Waals surface area contributed by atoms with Crippen molar-refractivity contribution >= 4 is 29.5 Å². The molecule has 2 atom stereocenters. The standard InChI is InChI=1S/C23H28N2O4S/c1-16-9-11-18(12-10-16)21(26)25-20(15-17-7-5-4-6-8-17)22(27)24-19(13-14-30-3)23(28)29-2/h4-12,19-20H,13-15H2,1-3H3,(H,24,27)(H,25,26)/t19-,20+/m1/s1. The predicted octanol–water partition coefficient (Wildman–Crippen LogP) is 2.75. The van der Waals surface area contributed by atoms with Crippen LogP contribution < -0.4 is 10.6 Å². The summed E-state index contributed by atoms with van der Waals surface area (Å²) in [5.74, 6) is -0.569. The summed E-state index contributed by atoms with van der Waals surface area (Å²) in [6, 6.07) is 15.0. The monoisotopic (exact) mass is 428 g/mol. The first kappa shape index (κ1) is 23.5. The van der Waals surface area contributed by atoms with Crippen LogP contribution >= 0.6 is 11.8 Å². The zero-order valence-electron chi connectivity index (χ0n) is 17.5. The Morgan fingerprint density at radius 3 is 2.23 bits per heavy atom. The van der Waals surface area contributed by atoms with Crippen molar-refractivity contribution in [1.82, 2.24) is 10.6 Å². The van der Waals surface area contributed by atoms with Gasteiger partial charge in [0.1, 0.15) is 12.1 Å². The number of benzene rings is 2. The lowest BCUT2D eigenvalue weighted by Gasteiger charge is -2.22. The maximum atomic E-state index is 13.0. The fourth-order valence-electron chi connectivity index (χ4n) is 2.90. The summed E-state index contributed by atoms with van der Waals surface area (Å²) in [6.45, 7) is 1.94. The lowest BCUT2D eigenvalue weighted by atomic mass is 10.0. The third-order valence-electron chi connectivity index (χ3n) is 4.63. The van der Waals surface area contributed by atoms with E-state index < -0.39 is 24.0 Å². The van der Waals surface area contributed by atoms with Crippen molar-refractivity contribution in [3.05, 3.63) is 71.3 Å². The second-order valence-corrected chi connectivity index (χ2v) is 7.93. The Labute approximate surface area is 181 Å². The summed E-state index contributed by atoms with van der Waals surface area (Å²) in [5, 5.41) is 5.56. The molecule has 0 aliphatic rings. The van der Waals surface area contributed by atoms with E-state index in [0.717, 1.165) is 11.1 Å². The summed E-state index contributed by atoms with van der Waals surface area (Å²) in [7, 11) is 1.29. The minimum atomic E-state index is -0.831. The minimum absolute atomic E-state index is 0.306. The molecule has 6 nitrogen and oxygen atoms in total. The number of hydrogen-bond donors (Lipinski definition) is 2. The van der Waals surface area contributed by atoms with E-state index in [4.69, 9.17) is 4.74 Å². The van der Waals surface area contributed by atoms with Gasteiger partial charge in [0.15, 0.2) is 0 Å². The number of carbonyl (C=O) groups excluding carboxylic acids is 3. The first-order valence-corrected chi connectivity index (χ1v) is 11.1. The molecule has 2 N–H and O–H groups in total. The number of aryl methyl sites for hydroxylation is 1. The van der Waals surface area contributed by atoms with Crippen molar-refractivity contribution in [3.63, 3.8) is 0 Å². The molecule has 2 rings (SSSR count). The van der Waals surface area contributed by atoms with E-state index >= 15 is 0 Å². The van der Waals surface area contributed by atoms with Gasteiger partial charge in [-0.1, -0.05) is 48.0 Å². The average molecular weight is 429 g/mol. The fraction of sp³-hybridized carbons (Fsp3) is 0.348. The van der Waals surface area contributed by atoms with E-state index in [0.29, 0.717) is 24.2 Å². The molecule has 2 aromatic rings. The van der Waals surface area contributed by atoms with E-state index in [1.807, 2.05) is 55.6 Å². The number of esters is 1. The van der Waals surface area contributed by atoms with E-state index in [1.165, 1.54) is 7.11 Å². The number of carbonyl (C=O) groups is 3. The lowest BCUT2D eigenvalue weighted by Crippen LogP contribution is -2.52. The summed E-state index contributed by atoms with van der Waals surface area (Å²) in [4.78, 5) is 37.8. The van der Waals surface area contributed by atoms with E-state index in [9.17, 15) is 14.4 Å². The zero-order valence-corrected chi connectivity index (χ0v) is 18.3. The third kappa shape index (κ3) is 7.22. The van der Waals surface area contributed by atoms with Crippen LogP contribution in [0.4, 0.5) is 0 Å². The van der Waals surface area contributed by atoms with Crippen LogP contribution in [0, 0.1) is 6.92 Å². The highest BCUT2D eigenvalue weighted by molar-refractivity contribution is 7.98. The van der Waals surface area contributed by atoms with Crippen molar-refractivity contribution in [2.75, 3.05) is 19.1 Å². The first-order chi connectivity index (χ1) is 14.4. The predicted molar refractivity (Wildman–Crippen MR) is 120 cm³/mol. The van der Waals surface area contributed by atoms with Crippen LogP contribution in [0.25, 0.3) is 0 Å². The number of amides is 2. The van der Waals surface area contributed by atoms with E-state index in [-0.39, 0.29) is 5.91 Å². The molecule has 0 radical (unpaired) electrons. The molecule has 0 spiro atoms. The molecular formula is C23H28N2O4S. The smallest absolute Gasteiger partial charge is 0.328 e. The van der Waals surface area contributed by atoms with Crippen molar-refractivity contribution < 1.29 is 19.1 Å². The van der Waals surface area contributed by atoms with Gasteiger partial charge in [-0.2, -0.15) is 11.8 Å². The first-order valence-electron chi connectivity index (χ1n) is 9.73. The molecule has 0 saturated carbocycles. The van der Waals surface area contributed by atoms with Gasteiger partial charge in [-0.15, -0.1) is 0 Å². The fourth-order valence-corrected chi connectivity index (χ4v) is 3.38.